The summed E-state index contributed by atoms with van der Waals surface area (Å²) in [5.41, 5.74) is -0.875. The van der Waals surface area contributed by atoms with Gasteiger partial charge in [0.25, 0.3) is 5.56 Å². The molecule has 0 aliphatic carbocycles. The quantitative estimate of drug-likeness (QED) is 0.649. The molecule has 1 rings (SSSR count). The Hall–Kier alpha value is -1.63. The van der Waals surface area contributed by atoms with Gasteiger partial charge in [-0.15, -0.1) is 5.10 Å². The Morgan fingerprint density at radius 3 is 2.69 bits per heavy atom. The summed E-state index contributed by atoms with van der Waals surface area (Å²) in [5, 5.41) is 6.66. The van der Waals surface area contributed by atoms with Gasteiger partial charge >= 0.3 is 5.69 Å². The van der Waals surface area contributed by atoms with Crippen molar-refractivity contribution in [1.82, 2.24) is 14.3 Å². The maximum atomic E-state index is 11.6. The monoisotopic (exact) mass is 228 g/mol. The summed E-state index contributed by atoms with van der Waals surface area (Å²) >= 11 is 0. The number of hydrogen-bond acceptors (Lipinski definition) is 5. The van der Waals surface area contributed by atoms with E-state index in [1.165, 1.54) is 14.1 Å². The van der Waals surface area contributed by atoms with Crippen molar-refractivity contribution in [2.45, 2.75) is 6.92 Å². The Morgan fingerprint density at radius 2 is 2.06 bits per heavy atom. The van der Waals surface area contributed by atoms with E-state index in [2.05, 4.69) is 10.4 Å². The standard InChI is InChI=1S/C9H16N4O3/c1-4-16-6-5-10-7-8(14)12(2)9(15)13(3)11-7/h4-6H2,1-3H3,(H,10,11). The predicted molar refractivity (Wildman–Crippen MR) is 59.7 cm³/mol. The van der Waals surface area contributed by atoms with E-state index in [0.29, 0.717) is 19.8 Å². The first-order valence-electron chi connectivity index (χ1n) is 5.04. The van der Waals surface area contributed by atoms with Crippen LogP contribution >= 0.6 is 0 Å². The van der Waals surface area contributed by atoms with Crippen LogP contribution in [0, 0.1) is 0 Å². The average molecular weight is 228 g/mol. The van der Waals surface area contributed by atoms with E-state index < -0.39 is 11.2 Å². The first kappa shape index (κ1) is 12.4. The van der Waals surface area contributed by atoms with Crippen LogP contribution in [-0.4, -0.2) is 34.1 Å². The van der Waals surface area contributed by atoms with Crippen molar-refractivity contribution in [2.75, 3.05) is 25.1 Å². The number of hydrogen-bond donors (Lipinski definition) is 1. The third-order valence-electron chi connectivity index (χ3n) is 2.06. The van der Waals surface area contributed by atoms with Gasteiger partial charge < -0.3 is 10.1 Å². The largest absolute Gasteiger partial charge is 0.380 e. The minimum absolute atomic E-state index is 0.157. The summed E-state index contributed by atoms with van der Waals surface area (Å²) in [6.45, 7) is 3.49. The molecule has 16 heavy (non-hydrogen) atoms. The second kappa shape index (κ2) is 5.45. The molecule has 7 nitrogen and oxygen atoms in total. The smallest absolute Gasteiger partial charge is 0.346 e. The van der Waals surface area contributed by atoms with Crippen molar-refractivity contribution < 1.29 is 4.74 Å². The third kappa shape index (κ3) is 2.69. The first-order valence-corrected chi connectivity index (χ1v) is 5.04. The van der Waals surface area contributed by atoms with Gasteiger partial charge in [0.2, 0.25) is 5.82 Å². The number of nitrogens with one attached hydrogen (secondary N) is 1. The second-order valence-electron chi connectivity index (χ2n) is 3.24. The molecule has 0 spiro atoms. The molecular weight excluding hydrogens is 212 g/mol. The molecule has 1 aromatic rings. The lowest BCUT2D eigenvalue weighted by Crippen LogP contribution is -2.40. The summed E-state index contributed by atoms with van der Waals surface area (Å²) < 4.78 is 7.24. The molecule has 90 valence electrons. The Bertz CT molecular complexity index is 463. The first-order chi connectivity index (χ1) is 7.57. The van der Waals surface area contributed by atoms with Gasteiger partial charge in [0.15, 0.2) is 0 Å². The highest BCUT2D eigenvalue weighted by molar-refractivity contribution is 5.29. The van der Waals surface area contributed by atoms with Gasteiger partial charge in [-0.2, -0.15) is 0 Å². The van der Waals surface area contributed by atoms with E-state index in [4.69, 9.17) is 4.74 Å². The van der Waals surface area contributed by atoms with E-state index in [1.54, 1.807) is 0 Å². The van der Waals surface area contributed by atoms with Crippen LogP contribution in [0.15, 0.2) is 9.59 Å². The Morgan fingerprint density at radius 1 is 1.38 bits per heavy atom. The number of nitrogens with zero attached hydrogens (tertiary/aromatic N) is 3. The molecular formula is C9H16N4O3. The molecule has 0 saturated carbocycles. The van der Waals surface area contributed by atoms with Crippen LogP contribution in [0.1, 0.15) is 6.92 Å². The molecule has 7 heteroatoms. The Kier molecular flexibility index (Phi) is 4.24. The second-order valence-corrected chi connectivity index (χ2v) is 3.24. The van der Waals surface area contributed by atoms with Crippen LogP contribution in [-0.2, 0) is 18.8 Å². The minimum atomic E-state index is -0.444. The van der Waals surface area contributed by atoms with Gasteiger partial charge in [0, 0.05) is 27.2 Å². The number of ether oxygens (including phenoxy) is 1. The maximum Gasteiger partial charge on any atom is 0.346 e. The average Bonchev–Trinajstić information content (AvgIpc) is 2.28. The minimum Gasteiger partial charge on any atom is -0.380 e. The fraction of sp³-hybridized carbons (Fsp3) is 0.667. The van der Waals surface area contributed by atoms with Gasteiger partial charge in [0.05, 0.1) is 6.61 Å². The highest BCUT2D eigenvalue weighted by Crippen LogP contribution is 1.88. The van der Waals surface area contributed by atoms with Crippen LogP contribution in [0.25, 0.3) is 0 Å². The molecule has 0 fully saturated rings. The van der Waals surface area contributed by atoms with E-state index in [-0.39, 0.29) is 5.82 Å². The molecule has 0 radical (unpaired) electrons. The van der Waals surface area contributed by atoms with Crippen LogP contribution < -0.4 is 16.6 Å². The van der Waals surface area contributed by atoms with Crippen LogP contribution in [0.5, 0.6) is 0 Å². The number of anilines is 1. The van der Waals surface area contributed by atoms with Crippen molar-refractivity contribution in [2.24, 2.45) is 14.1 Å². The van der Waals surface area contributed by atoms with E-state index >= 15 is 0 Å². The number of aryl methyl sites for hydroxylation is 1. The summed E-state index contributed by atoms with van der Waals surface area (Å²) in [5.74, 6) is 0.157. The lowest BCUT2D eigenvalue weighted by Gasteiger charge is -2.07. The zero-order chi connectivity index (χ0) is 12.1. The zero-order valence-electron chi connectivity index (χ0n) is 9.69. The van der Waals surface area contributed by atoms with Crippen molar-refractivity contribution in [3.05, 3.63) is 20.8 Å². The molecule has 0 aliphatic rings. The Balaban J connectivity index is 2.82. The van der Waals surface area contributed by atoms with Crippen LogP contribution in [0.3, 0.4) is 0 Å². The molecule has 0 aromatic carbocycles. The molecule has 0 saturated heterocycles. The third-order valence-corrected chi connectivity index (χ3v) is 2.06. The van der Waals surface area contributed by atoms with Gasteiger partial charge in [0.1, 0.15) is 0 Å². The molecule has 0 aliphatic heterocycles. The van der Waals surface area contributed by atoms with Gasteiger partial charge in [-0.3, -0.25) is 9.36 Å². The Labute approximate surface area is 92.7 Å². The topological polar surface area (TPSA) is 78.2 Å². The lowest BCUT2D eigenvalue weighted by atomic mass is 10.6. The van der Waals surface area contributed by atoms with Crippen molar-refractivity contribution in [3.63, 3.8) is 0 Å². The highest BCUT2D eigenvalue weighted by Gasteiger charge is 2.07. The summed E-state index contributed by atoms with van der Waals surface area (Å²) in [6.07, 6.45) is 0. The summed E-state index contributed by atoms with van der Waals surface area (Å²) in [7, 11) is 2.91. The van der Waals surface area contributed by atoms with Gasteiger partial charge in [-0.25, -0.2) is 9.48 Å². The van der Waals surface area contributed by atoms with Crippen molar-refractivity contribution in [1.29, 1.82) is 0 Å². The van der Waals surface area contributed by atoms with Gasteiger partial charge in [-0.1, -0.05) is 0 Å². The summed E-state index contributed by atoms with van der Waals surface area (Å²) in [4.78, 5) is 22.9. The van der Waals surface area contributed by atoms with Crippen molar-refractivity contribution >= 4 is 5.82 Å². The van der Waals surface area contributed by atoms with Crippen LogP contribution in [0.4, 0.5) is 5.82 Å². The van der Waals surface area contributed by atoms with E-state index in [1.807, 2.05) is 6.92 Å². The predicted octanol–water partition coefficient (Wildman–Crippen LogP) is -1.07. The summed E-state index contributed by atoms with van der Waals surface area (Å²) in [6, 6.07) is 0. The lowest BCUT2D eigenvalue weighted by molar-refractivity contribution is 0.158. The van der Waals surface area contributed by atoms with E-state index in [9.17, 15) is 9.59 Å². The molecule has 1 N–H and O–H groups in total. The SMILES string of the molecule is CCOCCNc1nn(C)c(=O)n(C)c1=O. The fourth-order valence-electron chi connectivity index (χ4n) is 1.20. The maximum absolute atomic E-state index is 11.6. The number of rotatable bonds is 5. The zero-order valence-corrected chi connectivity index (χ0v) is 9.69. The van der Waals surface area contributed by atoms with Crippen LogP contribution in [0.2, 0.25) is 0 Å². The molecule has 0 amide bonds. The molecule has 0 bridgehead atoms. The fourth-order valence-corrected chi connectivity index (χ4v) is 1.20. The molecule has 1 aromatic heterocycles. The molecule has 0 unspecified atom stereocenters. The van der Waals surface area contributed by atoms with Gasteiger partial charge in [-0.05, 0) is 6.92 Å². The van der Waals surface area contributed by atoms with E-state index in [0.717, 1.165) is 9.25 Å². The molecule has 1 heterocycles. The molecule has 0 atom stereocenters. The highest BCUT2D eigenvalue weighted by atomic mass is 16.5. The number of aromatic nitrogens is 3. The normalized spacial score (nSPS) is 10.4. The van der Waals surface area contributed by atoms with Crippen molar-refractivity contribution in [3.8, 4) is 0 Å².